The average molecular weight is 563 g/mol. The van der Waals surface area contributed by atoms with Crippen LogP contribution >= 0.6 is 0 Å². The summed E-state index contributed by atoms with van der Waals surface area (Å²) >= 11 is 0. The van der Waals surface area contributed by atoms with Gasteiger partial charge in [-0.05, 0) is 39.8 Å². The van der Waals surface area contributed by atoms with Gasteiger partial charge in [0.05, 0.1) is 57.7 Å². The van der Waals surface area contributed by atoms with Gasteiger partial charge < -0.3 is 23.7 Å². The average Bonchev–Trinajstić information content (AvgIpc) is 3.33. The van der Waals surface area contributed by atoms with E-state index in [1.54, 1.807) is 38.2 Å². The molecular weight excluding hydrogens is 528 g/mol. The van der Waals surface area contributed by atoms with E-state index < -0.39 is 27.5 Å². The third kappa shape index (κ3) is 6.30. The molecule has 1 aromatic carbocycles. The second-order valence-electron chi connectivity index (χ2n) is 9.20. The number of nitrogens with zero attached hydrogens (tertiary/aromatic N) is 5. The van der Waals surface area contributed by atoms with Crippen molar-refractivity contribution >= 4 is 16.0 Å². The lowest BCUT2D eigenvalue weighted by Crippen LogP contribution is -2.34. The zero-order valence-electron chi connectivity index (χ0n) is 22.8. The van der Waals surface area contributed by atoms with Gasteiger partial charge in [0, 0.05) is 6.20 Å². The van der Waals surface area contributed by atoms with Crippen LogP contribution in [0.1, 0.15) is 50.2 Å². The van der Waals surface area contributed by atoms with Crippen molar-refractivity contribution in [1.82, 2.24) is 24.7 Å². The zero-order valence-corrected chi connectivity index (χ0v) is 23.6. The van der Waals surface area contributed by atoms with Crippen LogP contribution in [0, 0.1) is 6.92 Å². The van der Waals surface area contributed by atoms with Crippen LogP contribution in [-0.2, 0) is 24.2 Å². The molecule has 39 heavy (non-hydrogen) atoms. The highest BCUT2D eigenvalue weighted by molar-refractivity contribution is 7.93. The van der Waals surface area contributed by atoms with Gasteiger partial charge in [-0.25, -0.2) is 8.42 Å². The highest BCUT2D eigenvalue weighted by Gasteiger charge is 2.36. The van der Waals surface area contributed by atoms with Crippen molar-refractivity contribution < 1.29 is 32.1 Å². The molecule has 212 valence electrons. The maximum Gasteiger partial charge on any atom is 0.243 e. The van der Waals surface area contributed by atoms with E-state index >= 15 is 0 Å². The van der Waals surface area contributed by atoms with E-state index in [4.69, 9.17) is 23.7 Å². The molecule has 0 saturated carbocycles. The predicted molar refractivity (Wildman–Crippen MR) is 142 cm³/mol. The number of hydrogen-bond donors (Lipinski definition) is 1. The lowest BCUT2D eigenvalue weighted by Gasteiger charge is -2.27. The summed E-state index contributed by atoms with van der Waals surface area (Å²) in [6, 6.07) is 5.21. The number of benzene rings is 1. The molecule has 3 atom stereocenters. The van der Waals surface area contributed by atoms with Crippen LogP contribution in [0.5, 0.6) is 11.5 Å². The van der Waals surface area contributed by atoms with Crippen LogP contribution in [0.15, 0.2) is 30.6 Å². The molecule has 3 heterocycles. The Labute approximate surface area is 227 Å². The van der Waals surface area contributed by atoms with Crippen molar-refractivity contribution in [3.63, 3.8) is 0 Å². The molecule has 3 aromatic rings. The number of para-hydroxylation sites is 1. The molecule has 0 amide bonds. The minimum atomic E-state index is -4.12. The van der Waals surface area contributed by atoms with Gasteiger partial charge in [0.15, 0.2) is 5.82 Å². The Kier molecular flexibility index (Phi) is 9.00. The molecule has 1 fully saturated rings. The Bertz CT molecular complexity index is 1340. The standard InChI is InChI=1S/C25H34N6O7S/c1-15(2)38-23(18-13-26-16(3)12-27-18)17(4)39(32,33)30-25-29-28-24(21-14-36-10-11-37-21)31(25)22-19(34-5)8-7-9-20(22)35-6/h7-9,12-13,15,17,21,23H,10-11,14H2,1-6H3,(H,29,30)/t17-,21?,23+/m0/s1. The van der Waals surface area contributed by atoms with E-state index in [2.05, 4.69) is 24.9 Å². The maximum atomic E-state index is 13.8. The summed E-state index contributed by atoms with van der Waals surface area (Å²) in [6.07, 6.45) is 1.32. The molecular formula is C25H34N6O7S. The van der Waals surface area contributed by atoms with Gasteiger partial charge in [0.2, 0.25) is 16.0 Å². The fourth-order valence-electron chi connectivity index (χ4n) is 4.13. The van der Waals surface area contributed by atoms with Gasteiger partial charge in [-0.1, -0.05) is 6.07 Å². The Morgan fingerprint density at radius 2 is 1.77 bits per heavy atom. The van der Waals surface area contributed by atoms with E-state index in [9.17, 15) is 8.42 Å². The molecule has 0 radical (unpaired) electrons. The van der Waals surface area contributed by atoms with Crippen LogP contribution in [-0.4, -0.2) is 78.5 Å². The summed E-state index contributed by atoms with van der Waals surface area (Å²) in [7, 11) is -1.11. The Morgan fingerprint density at radius 1 is 1.05 bits per heavy atom. The topological polar surface area (TPSA) is 149 Å². The quantitative estimate of drug-likeness (QED) is 0.368. The molecule has 0 bridgehead atoms. The smallest absolute Gasteiger partial charge is 0.243 e. The van der Waals surface area contributed by atoms with Crippen LogP contribution < -0.4 is 14.2 Å². The molecule has 14 heteroatoms. The fraction of sp³-hybridized carbons (Fsp3) is 0.520. The second-order valence-corrected chi connectivity index (χ2v) is 11.2. The van der Waals surface area contributed by atoms with Crippen molar-refractivity contribution in [3.05, 3.63) is 47.8 Å². The first-order chi connectivity index (χ1) is 18.7. The molecule has 1 unspecified atom stereocenters. The van der Waals surface area contributed by atoms with Crippen molar-refractivity contribution in [3.8, 4) is 17.2 Å². The number of aryl methyl sites for hydroxylation is 1. The molecule has 1 N–H and O–H groups in total. The van der Waals surface area contributed by atoms with Crippen molar-refractivity contribution in [1.29, 1.82) is 0 Å². The number of anilines is 1. The van der Waals surface area contributed by atoms with Gasteiger partial charge >= 0.3 is 0 Å². The summed E-state index contributed by atoms with van der Waals surface area (Å²) < 4.78 is 60.4. The minimum Gasteiger partial charge on any atom is -0.494 e. The van der Waals surface area contributed by atoms with E-state index in [1.165, 1.54) is 25.0 Å². The lowest BCUT2D eigenvalue weighted by atomic mass is 10.2. The summed E-state index contributed by atoms with van der Waals surface area (Å²) in [5.74, 6) is 1.07. The molecule has 0 spiro atoms. The van der Waals surface area contributed by atoms with Crippen LogP contribution in [0.2, 0.25) is 0 Å². The van der Waals surface area contributed by atoms with Crippen LogP contribution in [0.25, 0.3) is 5.69 Å². The molecule has 1 aliphatic rings. The fourth-order valence-corrected chi connectivity index (χ4v) is 5.23. The maximum absolute atomic E-state index is 13.8. The number of nitrogens with one attached hydrogen (secondary N) is 1. The minimum absolute atomic E-state index is 0.0767. The SMILES string of the molecule is COc1cccc(OC)c1-n1c(NS(=O)(=O)[C@@H](C)[C@@H](OC(C)C)c2cnc(C)cn2)nnc1C1COCCO1. The highest BCUT2D eigenvalue weighted by atomic mass is 32.2. The van der Waals surface area contributed by atoms with Gasteiger partial charge in [-0.2, -0.15) is 0 Å². The predicted octanol–water partition coefficient (Wildman–Crippen LogP) is 2.77. The normalized spacial score (nSPS) is 17.6. The van der Waals surface area contributed by atoms with E-state index in [1.807, 2.05) is 13.8 Å². The van der Waals surface area contributed by atoms with Gasteiger partial charge in [-0.3, -0.25) is 19.3 Å². The van der Waals surface area contributed by atoms with Gasteiger partial charge in [0.1, 0.15) is 34.6 Å². The summed E-state index contributed by atoms with van der Waals surface area (Å²) in [6.45, 7) is 8.00. The van der Waals surface area contributed by atoms with Gasteiger partial charge in [0.25, 0.3) is 0 Å². The number of ether oxygens (including phenoxy) is 5. The Morgan fingerprint density at radius 3 is 2.33 bits per heavy atom. The Balaban J connectivity index is 1.79. The number of methoxy groups -OCH3 is 2. The van der Waals surface area contributed by atoms with E-state index in [-0.39, 0.29) is 18.7 Å². The first kappa shape index (κ1) is 28.7. The lowest BCUT2D eigenvalue weighted by molar-refractivity contribution is -0.0941. The molecule has 4 rings (SSSR count). The number of rotatable bonds is 11. The first-order valence-electron chi connectivity index (χ1n) is 12.5. The first-order valence-corrected chi connectivity index (χ1v) is 14.0. The third-order valence-electron chi connectivity index (χ3n) is 6.08. The van der Waals surface area contributed by atoms with Crippen LogP contribution in [0.3, 0.4) is 0 Å². The second kappa shape index (κ2) is 12.2. The zero-order chi connectivity index (χ0) is 28.2. The third-order valence-corrected chi connectivity index (χ3v) is 7.77. The molecule has 13 nitrogen and oxygen atoms in total. The molecule has 0 aliphatic carbocycles. The van der Waals surface area contributed by atoms with E-state index in [0.29, 0.717) is 47.6 Å². The largest absolute Gasteiger partial charge is 0.494 e. The number of sulfonamides is 1. The Hall–Kier alpha value is -3.33. The summed E-state index contributed by atoms with van der Waals surface area (Å²) in [5.41, 5.74) is 1.51. The summed E-state index contributed by atoms with van der Waals surface area (Å²) in [4.78, 5) is 8.64. The number of hydrogen-bond acceptors (Lipinski definition) is 11. The van der Waals surface area contributed by atoms with Crippen molar-refractivity contribution in [2.75, 3.05) is 38.8 Å². The van der Waals surface area contributed by atoms with Crippen molar-refractivity contribution in [2.24, 2.45) is 0 Å². The van der Waals surface area contributed by atoms with E-state index in [0.717, 1.165) is 0 Å². The highest BCUT2D eigenvalue weighted by Crippen LogP contribution is 2.38. The molecule has 1 saturated heterocycles. The van der Waals surface area contributed by atoms with Gasteiger partial charge in [-0.15, -0.1) is 10.2 Å². The molecule has 2 aromatic heterocycles. The van der Waals surface area contributed by atoms with Crippen LogP contribution in [0.4, 0.5) is 5.95 Å². The number of aromatic nitrogens is 5. The molecule has 1 aliphatic heterocycles. The monoisotopic (exact) mass is 562 g/mol. The summed E-state index contributed by atoms with van der Waals surface area (Å²) in [5, 5.41) is 7.40. The van der Waals surface area contributed by atoms with Crippen molar-refractivity contribution in [2.45, 2.75) is 51.3 Å².